The standard InChI is InChI=1S/C6H11O5P/c1-4(3-12(9,10)11)6(8)5(2)7/h3,5,7H,1-2H3,(H2,9,10,11). The van der Waals surface area contributed by atoms with Gasteiger partial charge in [-0.3, -0.25) is 9.36 Å². The first-order chi connectivity index (χ1) is 5.24. The van der Waals surface area contributed by atoms with E-state index in [1.807, 2.05) is 0 Å². The van der Waals surface area contributed by atoms with E-state index in [9.17, 15) is 9.36 Å². The van der Waals surface area contributed by atoms with E-state index in [2.05, 4.69) is 0 Å². The van der Waals surface area contributed by atoms with Gasteiger partial charge in [-0.05, 0) is 13.8 Å². The van der Waals surface area contributed by atoms with E-state index >= 15 is 0 Å². The number of rotatable bonds is 3. The van der Waals surface area contributed by atoms with Gasteiger partial charge >= 0.3 is 7.60 Å². The third kappa shape index (κ3) is 4.41. The number of aliphatic hydroxyl groups excluding tert-OH is 1. The Labute approximate surface area is 69.9 Å². The molecule has 70 valence electrons. The number of carbonyl (C=O) groups excluding carboxylic acids is 1. The predicted molar refractivity (Wildman–Crippen MR) is 42.5 cm³/mol. The molecule has 0 amide bonds. The fourth-order valence-electron chi connectivity index (χ4n) is 0.645. The van der Waals surface area contributed by atoms with Crippen LogP contribution < -0.4 is 0 Å². The molecule has 0 aliphatic rings. The Morgan fingerprint density at radius 2 is 1.92 bits per heavy atom. The third-order valence-corrected chi connectivity index (χ3v) is 1.85. The van der Waals surface area contributed by atoms with Crippen LogP contribution in [0.1, 0.15) is 13.8 Å². The molecule has 3 N–H and O–H groups in total. The van der Waals surface area contributed by atoms with Crippen molar-refractivity contribution in [2.75, 3.05) is 0 Å². The zero-order chi connectivity index (χ0) is 9.94. The smallest absolute Gasteiger partial charge is 0.349 e. The number of hydrogen-bond acceptors (Lipinski definition) is 3. The first kappa shape index (κ1) is 11.5. The van der Waals surface area contributed by atoms with Crippen LogP contribution in [-0.2, 0) is 9.36 Å². The summed E-state index contributed by atoms with van der Waals surface area (Å²) in [5.74, 6) is -0.138. The minimum absolute atomic E-state index is 0.127. The Morgan fingerprint density at radius 3 is 2.17 bits per heavy atom. The van der Waals surface area contributed by atoms with Crippen LogP contribution in [0, 0.1) is 0 Å². The Balaban J connectivity index is 4.61. The molecule has 0 aromatic heterocycles. The lowest BCUT2D eigenvalue weighted by Gasteiger charge is -2.03. The van der Waals surface area contributed by atoms with Gasteiger partial charge in [0.05, 0.1) is 0 Å². The van der Waals surface area contributed by atoms with Crippen molar-refractivity contribution >= 4 is 13.4 Å². The topological polar surface area (TPSA) is 94.8 Å². The summed E-state index contributed by atoms with van der Waals surface area (Å²) in [5.41, 5.74) is -0.127. The molecule has 6 heteroatoms. The van der Waals surface area contributed by atoms with Crippen molar-refractivity contribution in [1.82, 2.24) is 0 Å². The Kier molecular flexibility index (Phi) is 3.80. The highest BCUT2D eigenvalue weighted by Gasteiger charge is 2.16. The molecule has 0 heterocycles. The Morgan fingerprint density at radius 1 is 1.50 bits per heavy atom. The molecule has 0 saturated heterocycles. The van der Waals surface area contributed by atoms with Gasteiger partial charge in [0.15, 0.2) is 5.78 Å². The maximum atomic E-state index is 10.9. The molecule has 0 radical (unpaired) electrons. The summed E-state index contributed by atoms with van der Waals surface area (Å²) in [6.07, 6.45) is -1.23. The van der Waals surface area contributed by atoms with Gasteiger partial charge in [0.1, 0.15) is 6.10 Å². The summed E-state index contributed by atoms with van der Waals surface area (Å²) >= 11 is 0. The maximum absolute atomic E-state index is 10.9. The van der Waals surface area contributed by atoms with Crippen LogP contribution in [0.2, 0.25) is 0 Å². The van der Waals surface area contributed by atoms with E-state index in [0.29, 0.717) is 5.82 Å². The van der Waals surface area contributed by atoms with Crippen LogP contribution >= 0.6 is 7.60 Å². The lowest BCUT2D eigenvalue weighted by Crippen LogP contribution is -2.16. The summed E-state index contributed by atoms with van der Waals surface area (Å²) in [4.78, 5) is 27.7. The quantitative estimate of drug-likeness (QED) is 0.434. The molecule has 0 spiro atoms. The third-order valence-electron chi connectivity index (χ3n) is 1.13. The summed E-state index contributed by atoms with van der Waals surface area (Å²) in [5, 5.41) is 8.74. The molecule has 0 aliphatic carbocycles. The molecule has 0 aliphatic heterocycles. The van der Waals surface area contributed by atoms with Gasteiger partial charge in [-0.1, -0.05) is 0 Å². The second-order valence-corrected chi connectivity index (χ2v) is 3.88. The van der Waals surface area contributed by atoms with Gasteiger partial charge in [-0.2, -0.15) is 0 Å². The van der Waals surface area contributed by atoms with Gasteiger partial charge in [-0.15, -0.1) is 0 Å². The monoisotopic (exact) mass is 194 g/mol. The van der Waals surface area contributed by atoms with Gasteiger partial charge < -0.3 is 14.9 Å². The van der Waals surface area contributed by atoms with Crippen molar-refractivity contribution in [3.63, 3.8) is 0 Å². The highest BCUT2D eigenvalue weighted by Crippen LogP contribution is 2.37. The summed E-state index contributed by atoms with van der Waals surface area (Å²) in [6.45, 7) is 2.48. The molecular weight excluding hydrogens is 183 g/mol. The van der Waals surface area contributed by atoms with Crippen molar-refractivity contribution in [1.29, 1.82) is 0 Å². The van der Waals surface area contributed by atoms with Crippen LogP contribution in [0.4, 0.5) is 0 Å². The lowest BCUT2D eigenvalue weighted by atomic mass is 10.1. The number of Topliss-reactive ketones (excluding diaryl/α,β-unsaturated/α-hetero) is 1. The fourth-order valence-corrected chi connectivity index (χ4v) is 1.28. The molecule has 12 heavy (non-hydrogen) atoms. The molecule has 1 unspecified atom stereocenters. The number of ketones is 1. The lowest BCUT2D eigenvalue weighted by molar-refractivity contribution is -0.122. The van der Waals surface area contributed by atoms with Crippen LogP contribution in [-0.4, -0.2) is 26.8 Å². The molecular formula is C6H11O5P. The van der Waals surface area contributed by atoms with Gasteiger partial charge in [0, 0.05) is 11.4 Å². The molecule has 0 aromatic rings. The summed E-state index contributed by atoms with van der Waals surface area (Å²) in [6, 6.07) is 0. The SMILES string of the molecule is CC(=CP(=O)(O)O)C(=O)C(C)O. The summed E-state index contributed by atoms with van der Waals surface area (Å²) < 4.78 is 10.4. The van der Waals surface area contributed by atoms with Crippen molar-refractivity contribution < 1.29 is 24.3 Å². The largest absolute Gasteiger partial charge is 0.385 e. The second kappa shape index (κ2) is 3.96. The minimum Gasteiger partial charge on any atom is -0.385 e. The molecule has 0 rings (SSSR count). The van der Waals surface area contributed by atoms with E-state index in [4.69, 9.17) is 14.9 Å². The minimum atomic E-state index is -4.31. The Hall–Kier alpha value is -0.480. The van der Waals surface area contributed by atoms with E-state index in [-0.39, 0.29) is 5.57 Å². The average Bonchev–Trinajstić information content (AvgIpc) is 1.82. The first-order valence-electron chi connectivity index (χ1n) is 3.21. The number of aliphatic hydroxyl groups is 1. The van der Waals surface area contributed by atoms with Gasteiger partial charge in [-0.25, -0.2) is 0 Å². The number of carbonyl (C=O) groups is 1. The van der Waals surface area contributed by atoms with E-state index in [1.165, 1.54) is 13.8 Å². The highest BCUT2D eigenvalue weighted by molar-refractivity contribution is 7.55. The van der Waals surface area contributed by atoms with Crippen molar-refractivity contribution in [2.45, 2.75) is 20.0 Å². The van der Waals surface area contributed by atoms with Crippen molar-refractivity contribution in [3.8, 4) is 0 Å². The van der Waals surface area contributed by atoms with Crippen LogP contribution in [0.15, 0.2) is 11.4 Å². The second-order valence-electron chi connectivity index (χ2n) is 2.44. The van der Waals surface area contributed by atoms with Crippen molar-refractivity contribution in [2.24, 2.45) is 0 Å². The van der Waals surface area contributed by atoms with E-state index < -0.39 is 19.5 Å². The Bertz CT molecular complexity index is 249. The van der Waals surface area contributed by atoms with Crippen LogP contribution in [0.5, 0.6) is 0 Å². The van der Waals surface area contributed by atoms with Crippen LogP contribution in [0.25, 0.3) is 0 Å². The predicted octanol–water partition coefficient (Wildman–Crippen LogP) is 0.0178. The molecule has 0 bridgehead atoms. The van der Waals surface area contributed by atoms with Crippen LogP contribution in [0.3, 0.4) is 0 Å². The molecule has 1 atom stereocenters. The fraction of sp³-hybridized carbons (Fsp3) is 0.500. The first-order valence-corrected chi connectivity index (χ1v) is 4.89. The van der Waals surface area contributed by atoms with Crippen molar-refractivity contribution in [3.05, 3.63) is 11.4 Å². The van der Waals surface area contributed by atoms with Gasteiger partial charge in [0.2, 0.25) is 0 Å². The molecule has 0 saturated carbocycles. The van der Waals surface area contributed by atoms with E-state index in [0.717, 1.165) is 0 Å². The summed E-state index contributed by atoms with van der Waals surface area (Å²) in [7, 11) is -4.31. The zero-order valence-electron chi connectivity index (χ0n) is 6.76. The number of hydrogen-bond donors (Lipinski definition) is 3. The van der Waals surface area contributed by atoms with E-state index in [1.54, 1.807) is 0 Å². The highest BCUT2D eigenvalue weighted by atomic mass is 31.2. The molecule has 0 fully saturated rings. The average molecular weight is 194 g/mol. The zero-order valence-corrected chi connectivity index (χ0v) is 7.65. The molecule has 0 aromatic carbocycles. The molecule has 5 nitrogen and oxygen atoms in total. The normalized spacial score (nSPS) is 15.9. The van der Waals surface area contributed by atoms with Gasteiger partial charge in [0.25, 0.3) is 0 Å². The maximum Gasteiger partial charge on any atom is 0.349 e.